The van der Waals surface area contributed by atoms with Gasteiger partial charge in [-0.2, -0.15) is 0 Å². The summed E-state index contributed by atoms with van der Waals surface area (Å²) in [7, 11) is 0. The van der Waals surface area contributed by atoms with Gasteiger partial charge in [-0.05, 0) is 42.5 Å². The van der Waals surface area contributed by atoms with Gasteiger partial charge in [0.15, 0.2) is 0 Å². The molecule has 0 saturated carbocycles. The van der Waals surface area contributed by atoms with Gasteiger partial charge in [-0.25, -0.2) is 14.8 Å². The maximum absolute atomic E-state index is 13.2. The lowest BCUT2D eigenvalue weighted by atomic mass is 10.1. The first-order chi connectivity index (χ1) is 15.6. The second-order valence-electron chi connectivity index (χ2n) is 7.08. The third-order valence-corrected chi connectivity index (χ3v) is 5.12. The first-order valence-electron chi connectivity index (χ1n) is 9.82. The van der Waals surface area contributed by atoms with E-state index in [9.17, 15) is 14.7 Å². The molecule has 3 aromatic carbocycles. The molecule has 8 heteroatoms. The van der Waals surface area contributed by atoms with E-state index >= 15 is 0 Å². The smallest absolute Gasteiger partial charge is 0.336 e. The van der Waals surface area contributed by atoms with Crippen molar-refractivity contribution in [2.75, 3.05) is 5.32 Å². The highest BCUT2D eigenvalue weighted by molar-refractivity contribution is 6.08. The molecule has 3 N–H and O–H groups in total. The molecule has 0 radical (unpaired) electrons. The van der Waals surface area contributed by atoms with Crippen molar-refractivity contribution in [3.05, 3.63) is 96.6 Å². The minimum Gasteiger partial charge on any atom is -0.478 e. The summed E-state index contributed by atoms with van der Waals surface area (Å²) in [5.74, 6) is -0.998. The molecule has 5 aromatic rings. The molecule has 5 rings (SSSR count). The number of anilines is 1. The third kappa shape index (κ3) is 3.39. The lowest BCUT2D eigenvalue weighted by Crippen LogP contribution is -2.15. The van der Waals surface area contributed by atoms with Crippen LogP contribution < -0.4 is 5.32 Å². The Balaban J connectivity index is 1.52. The highest BCUT2D eigenvalue weighted by Crippen LogP contribution is 2.26. The number of hydrogen-bond acceptors (Lipinski definition) is 4. The first-order valence-corrected chi connectivity index (χ1v) is 9.82. The lowest BCUT2D eigenvalue weighted by molar-refractivity contribution is 0.0697. The zero-order valence-electron chi connectivity index (χ0n) is 16.7. The number of nitrogens with zero attached hydrogens (tertiary/aromatic N) is 3. The number of rotatable bonds is 5. The number of nitrogens with one attached hydrogen (secondary N) is 2. The van der Waals surface area contributed by atoms with Crippen molar-refractivity contribution in [1.82, 2.24) is 19.5 Å². The van der Waals surface area contributed by atoms with Gasteiger partial charge in [0.2, 0.25) is 0 Å². The molecule has 2 aromatic heterocycles. The van der Waals surface area contributed by atoms with Crippen LogP contribution in [0.25, 0.3) is 28.1 Å². The van der Waals surface area contributed by atoms with Crippen LogP contribution in [0.5, 0.6) is 0 Å². The number of aromatic nitrogens is 4. The molecule has 0 bridgehead atoms. The number of imidazole rings is 2. The molecule has 0 unspecified atom stereocenters. The van der Waals surface area contributed by atoms with Crippen LogP contribution in [0.3, 0.4) is 0 Å². The Bertz CT molecular complexity index is 1450. The summed E-state index contributed by atoms with van der Waals surface area (Å²) >= 11 is 0. The Morgan fingerprint density at radius 1 is 0.938 bits per heavy atom. The van der Waals surface area contributed by atoms with Crippen LogP contribution in [0.1, 0.15) is 20.7 Å². The van der Waals surface area contributed by atoms with Crippen LogP contribution in [0.2, 0.25) is 0 Å². The fourth-order valence-electron chi connectivity index (χ4n) is 3.64. The van der Waals surface area contributed by atoms with E-state index in [-0.39, 0.29) is 11.5 Å². The second-order valence-corrected chi connectivity index (χ2v) is 7.08. The molecule has 1 amide bonds. The van der Waals surface area contributed by atoms with Gasteiger partial charge in [-0.1, -0.05) is 24.3 Å². The monoisotopic (exact) mass is 423 g/mol. The number of para-hydroxylation sites is 3. The third-order valence-electron chi connectivity index (χ3n) is 5.12. The Kier molecular flexibility index (Phi) is 4.72. The number of carboxylic acid groups (broad SMARTS) is 1. The molecule has 2 heterocycles. The summed E-state index contributed by atoms with van der Waals surface area (Å²) < 4.78 is 1.87. The van der Waals surface area contributed by atoms with Crippen LogP contribution in [-0.4, -0.2) is 36.5 Å². The van der Waals surface area contributed by atoms with Crippen molar-refractivity contribution in [2.45, 2.75) is 0 Å². The van der Waals surface area contributed by atoms with Gasteiger partial charge in [0, 0.05) is 23.6 Å². The minimum absolute atomic E-state index is 0.0863. The Hall–Kier alpha value is -4.72. The standard InChI is InChI=1S/C24H17N5O3/c30-23(28-15-9-10-16(24(31)32)18(13-15)22-25-11-12-26-22)17-5-1-3-7-20(17)29-14-27-19-6-2-4-8-21(19)29/h1-14H,(H,25,26)(H,28,30)(H,31,32). The van der Waals surface area contributed by atoms with E-state index in [1.165, 1.54) is 12.3 Å². The molecule has 0 aliphatic carbocycles. The zero-order chi connectivity index (χ0) is 22.1. The van der Waals surface area contributed by atoms with E-state index in [1.54, 1.807) is 36.8 Å². The van der Waals surface area contributed by atoms with Crippen molar-refractivity contribution < 1.29 is 14.7 Å². The van der Waals surface area contributed by atoms with E-state index in [4.69, 9.17) is 0 Å². The fourth-order valence-corrected chi connectivity index (χ4v) is 3.64. The number of H-pyrrole nitrogens is 1. The number of amides is 1. The number of carbonyl (C=O) groups excluding carboxylic acids is 1. The molecular formula is C24H17N5O3. The van der Waals surface area contributed by atoms with Crippen molar-refractivity contribution in [3.63, 3.8) is 0 Å². The average molecular weight is 423 g/mol. The molecule has 0 fully saturated rings. The van der Waals surface area contributed by atoms with Gasteiger partial charge >= 0.3 is 5.97 Å². The molecule has 0 aliphatic rings. The lowest BCUT2D eigenvalue weighted by Gasteiger charge is -2.13. The van der Waals surface area contributed by atoms with E-state index < -0.39 is 5.97 Å². The molecule has 0 atom stereocenters. The highest BCUT2D eigenvalue weighted by atomic mass is 16.4. The van der Waals surface area contributed by atoms with Gasteiger partial charge < -0.3 is 15.4 Å². The number of aromatic carboxylic acids is 1. The van der Waals surface area contributed by atoms with Crippen molar-refractivity contribution in [1.29, 1.82) is 0 Å². The molecular weight excluding hydrogens is 406 g/mol. The van der Waals surface area contributed by atoms with Gasteiger partial charge in [0.05, 0.1) is 27.8 Å². The zero-order valence-corrected chi connectivity index (χ0v) is 16.7. The summed E-state index contributed by atoms with van der Waals surface area (Å²) in [5, 5.41) is 12.4. The van der Waals surface area contributed by atoms with Crippen LogP contribution in [0, 0.1) is 0 Å². The van der Waals surface area contributed by atoms with Crippen LogP contribution in [0.4, 0.5) is 5.69 Å². The Morgan fingerprint density at radius 2 is 1.75 bits per heavy atom. The highest BCUT2D eigenvalue weighted by Gasteiger charge is 2.18. The van der Waals surface area contributed by atoms with Crippen LogP contribution in [-0.2, 0) is 0 Å². The topological polar surface area (TPSA) is 113 Å². The number of benzene rings is 3. The number of carboxylic acids is 1. The Labute approximate surface area is 182 Å². The van der Waals surface area contributed by atoms with Crippen LogP contribution >= 0.6 is 0 Å². The normalized spacial score (nSPS) is 10.9. The van der Waals surface area contributed by atoms with Crippen molar-refractivity contribution >= 4 is 28.6 Å². The summed E-state index contributed by atoms with van der Waals surface area (Å²) in [6, 6.07) is 19.5. The largest absolute Gasteiger partial charge is 0.478 e. The van der Waals surface area contributed by atoms with E-state index in [0.29, 0.717) is 28.3 Å². The molecule has 8 nitrogen and oxygen atoms in total. The second kappa shape index (κ2) is 7.84. The van der Waals surface area contributed by atoms with Gasteiger partial charge in [0.25, 0.3) is 5.91 Å². The predicted octanol–water partition coefficient (Wildman–Crippen LogP) is 4.37. The molecule has 0 spiro atoms. The molecule has 0 saturated heterocycles. The minimum atomic E-state index is -1.08. The van der Waals surface area contributed by atoms with E-state index in [1.807, 2.05) is 41.0 Å². The maximum Gasteiger partial charge on any atom is 0.336 e. The van der Waals surface area contributed by atoms with E-state index in [0.717, 1.165) is 11.0 Å². The molecule has 156 valence electrons. The summed E-state index contributed by atoms with van der Waals surface area (Å²) in [6.07, 6.45) is 4.84. The number of fused-ring (bicyclic) bond motifs is 1. The van der Waals surface area contributed by atoms with Crippen molar-refractivity contribution in [2.24, 2.45) is 0 Å². The fraction of sp³-hybridized carbons (Fsp3) is 0. The Morgan fingerprint density at radius 3 is 2.56 bits per heavy atom. The number of hydrogen-bond donors (Lipinski definition) is 3. The van der Waals surface area contributed by atoms with Gasteiger partial charge in [-0.15, -0.1) is 0 Å². The predicted molar refractivity (Wildman–Crippen MR) is 120 cm³/mol. The first kappa shape index (κ1) is 19.3. The van der Waals surface area contributed by atoms with Gasteiger partial charge in [-0.3, -0.25) is 9.36 Å². The van der Waals surface area contributed by atoms with Crippen LogP contribution in [0.15, 0.2) is 85.5 Å². The average Bonchev–Trinajstić information content (AvgIpc) is 3.49. The SMILES string of the molecule is O=C(O)c1ccc(NC(=O)c2ccccc2-n2cnc3ccccc32)cc1-c1ncc[nH]1. The quantitative estimate of drug-likeness (QED) is 0.389. The molecule has 32 heavy (non-hydrogen) atoms. The van der Waals surface area contributed by atoms with Crippen molar-refractivity contribution in [3.8, 4) is 17.1 Å². The van der Waals surface area contributed by atoms with E-state index in [2.05, 4.69) is 20.3 Å². The number of aromatic amines is 1. The summed E-state index contributed by atoms with van der Waals surface area (Å²) in [4.78, 5) is 36.3. The molecule has 0 aliphatic heterocycles. The summed E-state index contributed by atoms with van der Waals surface area (Å²) in [6.45, 7) is 0. The maximum atomic E-state index is 13.2. The summed E-state index contributed by atoms with van der Waals surface area (Å²) in [5.41, 5.74) is 3.78. The number of carbonyl (C=O) groups is 2. The van der Waals surface area contributed by atoms with Gasteiger partial charge in [0.1, 0.15) is 12.2 Å².